The molecule has 0 bridgehead atoms. The van der Waals surface area contributed by atoms with Crippen LogP contribution in [0.3, 0.4) is 0 Å². The average molecular weight is 524 g/mol. The number of anilines is 2. The fourth-order valence-corrected chi connectivity index (χ4v) is 5.25. The van der Waals surface area contributed by atoms with Gasteiger partial charge in [0.15, 0.2) is 0 Å². The first kappa shape index (κ1) is 26.2. The summed E-state index contributed by atoms with van der Waals surface area (Å²) in [6, 6.07) is 16.9. The van der Waals surface area contributed by atoms with E-state index in [1.54, 1.807) is 54.6 Å². The molecule has 37 heavy (non-hydrogen) atoms. The monoisotopic (exact) mass is 523 g/mol. The number of amides is 2. The van der Waals surface area contributed by atoms with Crippen molar-refractivity contribution in [2.24, 2.45) is 0 Å². The fourth-order valence-electron chi connectivity index (χ4n) is 4.02. The Balaban J connectivity index is 1.65. The number of hydrogen-bond acceptors (Lipinski definition) is 6. The molecule has 0 saturated heterocycles. The molecular weight excluding hydrogens is 494 g/mol. The lowest BCUT2D eigenvalue weighted by Crippen LogP contribution is -2.37. The highest BCUT2D eigenvalue weighted by Gasteiger charge is 2.29. The molecule has 4 rings (SSSR count). The van der Waals surface area contributed by atoms with Crippen molar-refractivity contribution in [2.75, 3.05) is 23.8 Å². The summed E-state index contributed by atoms with van der Waals surface area (Å²) in [7, 11) is -4.11. The molecule has 3 aromatic rings. The zero-order chi connectivity index (χ0) is 26.4. The molecule has 9 nitrogen and oxygen atoms in total. The summed E-state index contributed by atoms with van der Waals surface area (Å²) in [5, 5.41) is 5.54. The summed E-state index contributed by atoms with van der Waals surface area (Å²) in [6.07, 6.45) is 0.714. The molecule has 0 unspecified atom stereocenters. The number of carbonyl (C=O) groups excluding carboxylic acids is 2. The van der Waals surface area contributed by atoms with Gasteiger partial charge in [0.2, 0.25) is 21.8 Å². The molecule has 1 atom stereocenters. The summed E-state index contributed by atoms with van der Waals surface area (Å²) in [5.41, 5.74) is 2.14. The van der Waals surface area contributed by atoms with Crippen molar-refractivity contribution in [1.29, 1.82) is 0 Å². The third kappa shape index (κ3) is 6.28. The van der Waals surface area contributed by atoms with Crippen LogP contribution >= 0.6 is 0 Å². The standard InChI is InChI=1S/C27H29N3O6S/c1-3-35-20-11-14-24(36-4-2)23(17-20)29-27(32)26(18-8-6-5-7-9-18)30-37(33,34)21-12-13-22-19(16-21)10-15-25(31)28-22/h5-9,11-14,16-17,26,30H,3-4,10,15H2,1-2H3,(H,28,31)(H,29,32)/t26-/m0/s1. The summed E-state index contributed by atoms with van der Waals surface area (Å²) in [4.78, 5) is 25.2. The van der Waals surface area contributed by atoms with E-state index in [2.05, 4.69) is 15.4 Å². The second kappa shape index (κ2) is 11.4. The first-order valence-corrected chi connectivity index (χ1v) is 13.5. The lowest BCUT2D eigenvalue weighted by Gasteiger charge is -2.21. The third-order valence-corrected chi connectivity index (χ3v) is 7.19. The molecule has 0 saturated carbocycles. The van der Waals surface area contributed by atoms with Crippen molar-refractivity contribution in [3.8, 4) is 11.5 Å². The Hall–Kier alpha value is -3.89. The van der Waals surface area contributed by atoms with Crippen LogP contribution in [0.15, 0.2) is 71.6 Å². The minimum Gasteiger partial charge on any atom is -0.494 e. The summed E-state index contributed by atoms with van der Waals surface area (Å²) >= 11 is 0. The van der Waals surface area contributed by atoms with Gasteiger partial charge in [-0.2, -0.15) is 4.72 Å². The van der Waals surface area contributed by atoms with E-state index in [9.17, 15) is 18.0 Å². The van der Waals surface area contributed by atoms with E-state index in [4.69, 9.17) is 9.47 Å². The molecule has 2 amide bonds. The molecule has 3 N–H and O–H groups in total. The fraction of sp³-hybridized carbons (Fsp3) is 0.259. The number of sulfonamides is 1. The van der Waals surface area contributed by atoms with Crippen LogP contribution in [0, 0.1) is 0 Å². The van der Waals surface area contributed by atoms with E-state index < -0.39 is 22.0 Å². The molecule has 1 aliphatic heterocycles. The smallest absolute Gasteiger partial charge is 0.247 e. The molecule has 1 heterocycles. The van der Waals surface area contributed by atoms with Gasteiger partial charge in [0.25, 0.3) is 0 Å². The first-order chi connectivity index (χ1) is 17.8. The SMILES string of the molecule is CCOc1ccc(OCC)c(NC(=O)[C@@H](NS(=O)(=O)c2ccc3c(c2)CCC(=O)N3)c2ccccc2)c1. The molecule has 1 aliphatic rings. The molecular formula is C27H29N3O6S. The predicted molar refractivity (Wildman–Crippen MR) is 140 cm³/mol. The minimum absolute atomic E-state index is 0.00415. The number of aryl methyl sites for hydroxylation is 1. The molecule has 10 heteroatoms. The first-order valence-electron chi connectivity index (χ1n) is 12.0. The van der Waals surface area contributed by atoms with Crippen molar-refractivity contribution in [2.45, 2.75) is 37.6 Å². The van der Waals surface area contributed by atoms with Gasteiger partial charge in [-0.15, -0.1) is 0 Å². The van der Waals surface area contributed by atoms with Gasteiger partial charge in [-0.25, -0.2) is 8.42 Å². The van der Waals surface area contributed by atoms with Crippen LogP contribution in [0.2, 0.25) is 0 Å². The van der Waals surface area contributed by atoms with Gasteiger partial charge in [0, 0.05) is 18.2 Å². The maximum absolute atomic E-state index is 13.5. The summed E-state index contributed by atoms with van der Waals surface area (Å²) < 4.78 is 40.6. The highest BCUT2D eigenvalue weighted by molar-refractivity contribution is 7.89. The Kier molecular flexibility index (Phi) is 8.10. The van der Waals surface area contributed by atoms with Crippen LogP contribution in [0.5, 0.6) is 11.5 Å². The molecule has 0 aromatic heterocycles. The van der Waals surface area contributed by atoms with Crippen LogP contribution in [-0.2, 0) is 26.0 Å². The highest BCUT2D eigenvalue weighted by atomic mass is 32.2. The number of ether oxygens (including phenoxy) is 2. The molecule has 194 valence electrons. The van der Waals surface area contributed by atoms with Crippen LogP contribution in [-0.4, -0.2) is 33.4 Å². The average Bonchev–Trinajstić information content (AvgIpc) is 2.89. The van der Waals surface area contributed by atoms with Gasteiger partial charge in [-0.3, -0.25) is 9.59 Å². The van der Waals surface area contributed by atoms with E-state index in [0.717, 1.165) is 5.56 Å². The van der Waals surface area contributed by atoms with E-state index >= 15 is 0 Å². The Morgan fingerprint density at radius 3 is 2.46 bits per heavy atom. The molecule has 3 aromatic carbocycles. The van der Waals surface area contributed by atoms with E-state index in [0.29, 0.717) is 48.1 Å². The third-order valence-electron chi connectivity index (χ3n) is 5.77. The maximum atomic E-state index is 13.5. The Morgan fingerprint density at radius 2 is 1.73 bits per heavy atom. The normalized spacial score (nSPS) is 13.7. The molecule has 0 fully saturated rings. The number of hydrogen-bond donors (Lipinski definition) is 3. The lowest BCUT2D eigenvalue weighted by atomic mass is 10.0. The molecule has 0 radical (unpaired) electrons. The van der Waals surface area contributed by atoms with Crippen LogP contribution in [0.4, 0.5) is 11.4 Å². The zero-order valence-electron chi connectivity index (χ0n) is 20.6. The van der Waals surface area contributed by atoms with Crippen molar-refractivity contribution < 1.29 is 27.5 Å². The Morgan fingerprint density at radius 1 is 0.973 bits per heavy atom. The van der Waals surface area contributed by atoms with E-state index in [-0.39, 0.29) is 17.2 Å². The van der Waals surface area contributed by atoms with Gasteiger partial charge in [-0.05, 0) is 61.7 Å². The molecule has 0 aliphatic carbocycles. The van der Waals surface area contributed by atoms with Gasteiger partial charge < -0.3 is 20.1 Å². The second-order valence-corrected chi connectivity index (χ2v) is 10.1. The summed E-state index contributed by atoms with van der Waals surface area (Å²) in [5.74, 6) is 0.279. The zero-order valence-corrected chi connectivity index (χ0v) is 21.4. The Labute approximate surface area is 216 Å². The predicted octanol–water partition coefficient (Wildman–Crippen LogP) is 4.03. The quantitative estimate of drug-likeness (QED) is 0.369. The van der Waals surface area contributed by atoms with Crippen LogP contribution in [0.25, 0.3) is 0 Å². The lowest BCUT2D eigenvalue weighted by molar-refractivity contribution is -0.118. The van der Waals surface area contributed by atoms with Crippen molar-refractivity contribution in [3.05, 3.63) is 77.9 Å². The largest absolute Gasteiger partial charge is 0.494 e. The van der Waals surface area contributed by atoms with E-state index in [1.807, 2.05) is 13.8 Å². The number of benzene rings is 3. The molecule has 0 spiro atoms. The van der Waals surface area contributed by atoms with Gasteiger partial charge in [-0.1, -0.05) is 30.3 Å². The van der Waals surface area contributed by atoms with Gasteiger partial charge in [0.05, 0.1) is 23.8 Å². The minimum atomic E-state index is -4.11. The van der Waals surface area contributed by atoms with Crippen molar-refractivity contribution in [3.63, 3.8) is 0 Å². The van der Waals surface area contributed by atoms with E-state index in [1.165, 1.54) is 12.1 Å². The number of fused-ring (bicyclic) bond motifs is 1. The number of nitrogens with one attached hydrogen (secondary N) is 3. The number of carbonyl (C=O) groups is 2. The van der Waals surface area contributed by atoms with Crippen LogP contribution in [0.1, 0.15) is 37.4 Å². The summed E-state index contributed by atoms with van der Waals surface area (Å²) in [6.45, 7) is 4.50. The Bertz CT molecular complexity index is 1390. The van der Waals surface area contributed by atoms with Gasteiger partial charge >= 0.3 is 0 Å². The van der Waals surface area contributed by atoms with Crippen LogP contribution < -0.4 is 24.8 Å². The number of rotatable bonds is 10. The van der Waals surface area contributed by atoms with Crippen molar-refractivity contribution in [1.82, 2.24) is 4.72 Å². The highest BCUT2D eigenvalue weighted by Crippen LogP contribution is 2.31. The topological polar surface area (TPSA) is 123 Å². The second-order valence-electron chi connectivity index (χ2n) is 8.35. The maximum Gasteiger partial charge on any atom is 0.247 e. The van der Waals surface area contributed by atoms with Gasteiger partial charge in [0.1, 0.15) is 17.5 Å². The van der Waals surface area contributed by atoms with Crippen molar-refractivity contribution >= 4 is 33.2 Å².